The number of nitrogens with zero attached hydrogens (tertiary/aromatic N) is 5. The van der Waals surface area contributed by atoms with Gasteiger partial charge in [-0.1, -0.05) is 24.3 Å². The molecule has 202 valence electrons. The lowest BCUT2D eigenvalue weighted by Gasteiger charge is -2.28. The first-order valence-corrected chi connectivity index (χ1v) is 12.1. The van der Waals surface area contributed by atoms with E-state index in [1.54, 1.807) is 43.0 Å². The Bertz CT molecular complexity index is 1570. The smallest absolute Gasteiger partial charge is 0.335 e. The van der Waals surface area contributed by atoms with Crippen molar-refractivity contribution in [3.05, 3.63) is 93.8 Å². The Kier molecular flexibility index (Phi) is 7.96. The van der Waals surface area contributed by atoms with E-state index in [1.807, 2.05) is 6.92 Å². The third kappa shape index (κ3) is 6.24. The summed E-state index contributed by atoms with van der Waals surface area (Å²) in [6.07, 6.45) is 1.28. The number of carbonyl (C=O) groups excluding carboxylic acids is 1. The highest BCUT2D eigenvalue weighted by atomic mass is 19.1. The molecule has 4 rings (SSSR count). The summed E-state index contributed by atoms with van der Waals surface area (Å²) < 4.78 is 15.3. The van der Waals surface area contributed by atoms with Crippen LogP contribution in [-0.2, 0) is 17.9 Å². The highest BCUT2D eigenvalue weighted by Crippen LogP contribution is 2.25. The number of hydrogen-bond acceptors (Lipinski definition) is 7. The molecule has 39 heavy (non-hydrogen) atoms. The van der Waals surface area contributed by atoms with Gasteiger partial charge in [0.25, 0.3) is 11.7 Å². The third-order valence-corrected chi connectivity index (χ3v) is 6.46. The van der Waals surface area contributed by atoms with E-state index in [1.165, 1.54) is 29.0 Å². The van der Waals surface area contributed by atoms with Gasteiger partial charge in [0.05, 0.1) is 17.8 Å². The van der Waals surface area contributed by atoms with Crippen LogP contribution < -0.4 is 5.32 Å². The Morgan fingerprint density at radius 1 is 1.08 bits per heavy atom. The lowest BCUT2D eigenvalue weighted by molar-refractivity contribution is -0.139. The number of carbonyl (C=O) groups is 3. The Hall–Kier alpha value is -4.71. The minimum atomic E-state index is -1.06. The maximum Gasteiger partial charge on any atom is 0.335 e. The summed E-state index contributed by atoms with van der Waals surface area (Å²) in [7, 11) is 0. The van der Waals surface area contributed by atoms with Crippen LogP contribution in [0.1, 0.15) is 61.8 Å². The van der Waals surface area contributed by atoms with Gasteiger partial charge in [-0.25, -0.2) is 18.7 Å². The first-order chi connectivity index (χ1) is 18.5. The first-order valence-electron chi connectivity index (χ1n) is 12.1. The summed E-state index contributed by atoms with van der Waals surface area (Å²) in [5.41, 5.74) is 3.04. The molecule has 3 N–H and O–H groups in total. The number of hydrogen-bond donors (Lipinski definition) is 3. The molecule has 2 aromatic carbocycles. The molecule has 0 aliphatic carbocycles. The zero-order valence-corrected chi connectivity index (χ0v) is 21.6. The topological polar surface area (TPSA) is 150 Å². The Morgan fingerprint density at radius 2 is 1.85 bits per heavy atom. The minimum Gasteiger partial charge on any atom is -0.480 e. The summed E-state index contributed by atoms with van der Waals surface area (Å²) in [5.74, 6) is -2.83. The van der Waals surface area contributed by atoms with Gasteiger partial charge in [0.2, 0.25) is 0 Å². The number of aromatic nitrogens is 4. The van der Waals surface area contributed by atoms with Gasteiger partial charge in [-0.3, -0.25) is 14.5 Å². The molecule has 0 fully saturated rings. The number of carboxylic acids is 2. The quantitative estimate of drug-likeness (QED) is 0.279. The van der Waals surface area contributed by atoms with Gasteiger partial charge in [-0.05, 0) is 61.2 Å². The van der Waals surface area contributed by atoms with Crippen molar-refractivity contribution in [3.63, 3.8) is 0 Å². The largest absolute Gasteiger partial charge is 0.480 e. The molecule has 0 unspecified atom stereocenters. The van der Waals surface area contributed by atoms with Crippen molar-refractivity contribution in [2.45, 2.75) is 39.9 Å². The van der Waals surface area contributed by atoms with E-state index < -0.39 is 23.9 Å². The molecule has 0 saturated heterocycles. The van der Waals surface area contributed by atoms with Crippen LogP contribution >= 0.6 is 0 Å². The molecule has 0 saturated carbocycles. The van der Waals surface area contributed by atoms with Gasteiger partial charge < -0.3 is 15.5 Å². The van der Waals surface area contributed by atoms with Gasteiger partial charge in [0, 0.05) is 19.1 Å². The fourth-order valence-corrected chi connectivity index (χ4v) is 4.23. The molecule has 1 amide bonds. The zero-order valence-electron chi connectivity index (χ0n) is 21.6. The highest BCUT2D eigenvalue weighted by molar-refractivity contribution is 5.92. The number of halogens is 1. The molecule has 0 aliphatic heterocycles. The Balaban J connectivity index is 1.61. The summed E-state index contributed by atoms with van der Waals surface area (Å²) in [5, 5.41) is 25.8. The van der Waals surface area contributed by atoms with Crippen molar-refractivity contribution in [1.82, 2.24) is 29.8 Å². The summed E-state index contributed by atoms with van der Waals surface area (Å²) >= 11 is 0. The molecule has 1 atom stereocenters. The second kappa shape index (κ2) is 11.4. The number of nitrogens with one attached hydrogen (secondary N) is 1. The van der Waals surface area contributed by atoms with Crippen LogP contribution in [0, 0.1) is 19.7 Å². The molecule has 4 aromatic rings. The number of benzene rings is 2. The summed E-state index contributed by atoms with van der Waals surface area (Å²) in [4.78, 5) is 46.1. The van der Waals surface area contributed by atoms with Crippen LogP contribution in [0.15, 0.2) is 48.8 Å². The first kappa shape index (κ1) is 27.3. The lowest BCUT2D eigenvalue weighted by Crippen LogP contribution is -2.33. The fraction of sp³-hybridized carbons (Fsp3) is 0.259. The van der Waals surface area contributed by atoms with E-state index in [0.717, 1.165) is 5.56 Å². The number of amides is 1. The average Bonchev–Trinajstić information content (AvgIpc) is 3.37. The molecule has 0 aliphatic rings. The van der Waals surface area contributed by atoms with Crippen molar-refractivity contribution in [2.24, 2.45) is 0 Å². The number of aryl methyl sites for hydroxylation is 2. The highest BCUT2D eigenvalue weighted by Gasteiger charge is 2.23. The van der Waals surface area contributed by atoms with E-state index in [2.05, 4.69) is 20.4 Å². The number of rotatable bonds is 10. The van der Waals surface area contributed by atoms with Crippen molar-refractivity contribution in [2.75, 3.05) is 6.54 Å². The number of aromatic carboxylic acids is 1. The SMILES string of the molecule is Cc1ccc(CNC(=O)c2cc(CN(CC(=O)O)[C@H](C)c3ccc(C(=O)O)c(C)c3)n3ncnc3n2)cc1F. The van der Waals surface area contributed by atoms with Crippen LogP contribution in [0.25, 0.3) is 5.78 Å². The Morgan fingerprint density at radius 3 is 2.51 bits per heavy atom. The van der Waals surface area contributed by atoms with E-state index in [9.17, 15) is 29.0 Å². The van der Waals surface area contributed by atoms with Gasteiger partial charge in [0.1, 0.15) is 17.8 Å². The van der Waals surface area contributed by atoms with Crippen LogP contribution in [0.5, 0.6) is 0 Å². The van der Waals surface area contributed by atoms with E-state index in [0.29, 0.717) is 22.4 Å². The normalized spacial score (nSPS) is 12.0. The molecule has 0 spiro atoms. The number of aliphatic carboxylic acids is 1. The predicted octanol–water partition coefficient (Wildman–Crippen LogP) is 3.16. The standard InChI is InChI=1S/C27H27FN6O5/c1-15-4-5-18(9-22(15)28)11-29-25(37)23-10-20(34-27(32-23)30-14-31-34)12-33(13-24(35)36)17(3)19-6-7-21(26(38)39)16(2)8-19/h4-10,14,17H,11-13H2,1-3H3,(H,29,37)(H,35,36)(H,38,39)/t17-/m1/s1. The van der Waals surface area contributed by atoms with Crippen molar-refractivity contribution in [1.29, 1.82) is 0 Å². The maximum atomic E-state index is 13.9. The molecule has 2 aromatic heterocycles. The van der Waals surface area contributed by atoms with Gasteiger partial charge in [0.15, 0.2) is 0 Å². The fourth-order valence-electron chi connectivity index (χ4n) is 4.23. The number of fused-ring (bicyclic) bond motifs is 1. The van der Waals surface area contributed by atoms with Gasteiger partial charge in [-0.2, -0.15) is 10.1 Å². The lowest BCUT2D eigenvalue weighted by atomic mass is 10.00. The van der Waals surface area contributed by atoms with Crippen LogP contribution in [-0.4, -0.2) is 59.1 Å². The predicted molar refractivity (Wildman–Crippen MR) is 138 cm³/mol. The molecular weight excluding hydrogens is 507 g/mol. The minimum absolute atomic E-state index is 0.0441. The van der Waals surface area contributed by atoms with E-state index >= 15 is 0 Å². The van der Waals surface area contributed by atoms with Crippen LogP contribution in [0.3, 0.4) is 0 Å². The van der Waals surface area contributed by atoms with Crippen molar-refractivity contribution in [3.8, 4) is 0 Å². The molecule has 0 radical (unpaired) electrons. The maximum absolute atomic E-state index is 13.9. The molecule has 0 bridgehead atoms. The van der Waals surface area contributed by atoms with E-state index in [4.69, 9.17) is 0 Å². The number of carboxylic acid groups (broad SMARTS) is 2. The van der Waals surface area contributed by atoms with Crippen LogP contribution in [0.4, 0.5) is 4.39 Å². The third-order valence-electron chi connectivity index (χ3n) is 6.46. The Labute approximate surface area is 222 Å². The van der Waals surface area contributed by atoms with Crippen molar-refractivity contribution < 1.29 is 29.0 Å². The summed E-state index contributed by atoms with van der Waals surface area (Å²) in [6.45, 7) is 4.96. The van der Waals surface area contributed by atoms with Crippen LogP contribution in [0.2, 0.25) is 0 Å². The molecular formula is C27H27FN6O5. The molecule has 12 heteroatoms. The molecule has 2 heterocycles. The average molecular weight is 535 g/mol. The second-order valence-electron chi connectivity index (χ2n) is 9.22. The van der Waals surface area contributed by atoms with E-state index in [-0.39, 0.29) is 42.5 Å². The van der Waals surface area contributed by atoms with Crippen molar-refractivity contribution >= 4 is 23.6 Å². The second-order valence-corrected chi connectivity index (χ2v) is 9.22. The summed E-state index contributed by atoms with van der Waals surface area (Å²) in [6, 6.07) is 10.6. The molecule has 11 nitrogen and oxygen atoms in total. The zero-order chi connectivity index (χ0) is 28.3. The van der Waals surface area contributed by atoms with Gasteiger partial charge in [-0.15, -0.1) is 0 Å². The van der Waals surface area contributed by atoms with Gasteiger partial charge >= 0.3 is 11.9 Å². The monoisotopic (exact) mass is 534 g/mol.